The van der Waals surface area contributed by atoms with Crippen LogP contribution in [0.4, 0.5) is 5.69 Å². The summed E-state index contributed by atoms with van der Waals surface area (Å²) in [6.45, 7) is 4.92. The van der Waals surface area contributed by atoms with Crippen LogP contribution in [0, 0.1) is 6.92 Å². The van der Waals surface area contributed by atoms with Gasteiger partial charge in [-0.3, -0.25) is 4.79 Å². The number of carbonyl (C=O) groups excluding carboxylic acids is 1. The maximum Gasteiger partial charge on any atom is 0.244 e. The molecule has 0 aromatic heterocycles. The lowest BCUT2D eigenvalue weighted by Crippen LogP contribution is -2.50. The third-order valence-electron chi connectivity index (χ3n) is 3.65. The van der Waals surface area contributed by atoms with Gasteiger partial charge in [0.1, 0.15) is 0 Å². The highest BCUT2D eigenvalue weighted by Crippen LogP contribution is 2.28. The van der Waals surface area contributed by atoms with Gasteiger partial charge in [-0.25, -0.2) is 0 Å². The summed E-state index contributed by atoms with van der Waals surface area (Å²) in [7, 11) is 0. The third kappa shape index (κ3) is 2.52. The second-order valence-electron chi connectivity index (χ2n) is 4.90. The topological polar surface area (TPSA) is 41.1 Å². The first-order valence-electron chi connectivity index (χ1n) is 6.40. The summed E-state index contributed by atoms with van der Waals surface area (Å²) in [5, 5.41) is 6.84. The molecule has 1 aliphatic heterocycles. The Morgan fingerprint density at radius 1 is 1.56 bits per heavy atom. The smallest absolute Gasteiger partial charge is 0.244 e. The molecule has 0 spiro atoms. The molecular formula is C14H19ClN2O. The van der Waals surface area contributed by atoms with E-state index in [2.05, 4.69) is 10.6 Å². The van der Waals surface area contributed by atoms with Crippen molar-refractivity contribution in [2.24, 2.45) is 0 Å². The van der Waals surface area contributed by atoms with Crippen molar-refractivity contribution in [3.63, 3.8) is 0 Å². The van der Waals surface area contributed by atoms with E-state index in [4.69, 9.17) is 11.6 Å². The summed E-state index contributed by atoms with van der Waals surface area (Å²) < 4.78 is 0. The fourth-order valence-electron chi connectivity index (χ4n) is 2.43. The fraction of sp³-hybridized carbons (Fsp3) is 0.500. The second-order valence-corrected chi connectivity index (χ2v) is 5.31. The van der Waals surface area contributed by atoms with Crippen LogP contribution in [0.1, 0.15) is 31.7 Å². The van der Waals surface area contributed by atoms with Crippen LogP contribution in [0.3, 0.4) is 0 Å². The molecule has 1 unspecified atom stereocenters. The van der Waals surface area contributed by atoms with Crippen molar-refractivity contribution >= 4 is 23.2 Å². The van der Waals surface area contributed by atoms with Crippen LogP contribution in [-0.2, 0) is 4.79 Å². The van der Waals surface area contributed by atoms with Crippen molar-refractivity contribution in [2.75, 3.05) is 11.9 Å². The minimum Gasteiger partial charge on any atom is -0.323 e. The van der Waals surface area contributed by atoms with Gasteiger partial charge in [0, 0.05) is 0 Å². The lowest BCUT2D eigenvalue weighted by atomic mass is 9.93. The number of nitrogens with one attached hydrogen (secondary N) is 2. The van der Waals surface area contributed by atoms with Crippen molar-refractivity contribution < 1.29 is 4.79 Å². The lowest BCUT2D eigenvalue weighted by molar-refractivity contribution is -0.122. The molecule has 0 bridgehead atoms. The van der Waals surface area contributed by atoms with Crippen LogP contribution in [0.5, 0.6) is 0 Å². The van der Waals surface area contributed by atoms with Gasteiger partial charge in [-0.2, -0.15) is 0 Å². The summed E-state index contributed by atoms with van der Waals surface area (Å²) in [4.78, 5) is 12.4. The molecule has 2 N–H and O–H groups in total. The summed E-state index contributed by atoms with van der Waals surface area (Å²) in [6.07, 6.45) is 2.73. The second kappa shape index (κ2) is 5.29. The predicted molar refractivity (Wildman–Crippen MR) is 75.1 cm³/mol. The van der Waals surface area contributed by atoms with Gasteiger partial charge in [0.2, 0.25) is 5.91 Å². The molecule has 0 radical (unpaired) electrons. The van der Waals surface area contributed by atoms with Gasteiger partial charge in [-0.15, -0.1) is 0 Å². The predicted octanol–water partition coefficient (Wildman–Crippen LogP) is 3.12. The van der Waals surface area contributed by atoms with Crippen molar-refractivity contribution in [1.82, 2.24) is 5.32 Å². The number of hydrogen-bond donors (Lipinski definition) is 2. The number of hydrogen-bond acceptors (Lipinski definition) is 2. The highest BCUT2D eigenvalue weighted by molar-refractivity contribution is 6.33. The highest BCUT2D eigenvalue weighted by atomic mass is 35.5. The van der Waals surface area contributed by atoms with Crippen molar-refractivity contribution in [1.29, 1.82) is 0 Å². The van der Waals surface area contributed by atoms with Gasteiger partial charge in [-0.05, 0) is 50.4 Å². The monoisotopic (exact) mass is 266 g/mol. The minimum absolute atomic E-state index is 0.0215. The zero-order valence-corrected chi connectivity index (χ0v) is 11.6. The Balaban J connectivity index is 2.15. The summed E-state index contributed by atoms with van der Waals surface area (Å²) in [5.41, 5.74) is 1.35. The quantitative estimate of drug-likeness (QED) is 0.883. The highest BCUT2D eigenvalue weighted by Gasteiger charge is 2.39. The summed E-state index contributed by atoms with van der Waals surface area (Å²) in [5.74, 6) is 0.0215. The molecule has 1 amide bonds. The van der Waals surface area contributed by atoms with Crippen molar-refractivity contribution in [3.8, 4) is 0 Å². The molecule has 98 valence electrons. The molecule has 1 aromatic rings. The molecular weight excluding hydrogens is 248 g/mol. The number of aryl methyl sites for hydroxylation is 1. The van der Waals surface area contributed by atoms with Crippen molar-refractivity contribution in [3.05, 3.63) is 28.8 Å². The number of halogens is 1. The van der Waals surface area contributed by atoms with E-state index in [0.717, 1.165) is 31.4 Å². The Kier molecular flexibility index (Phi) is 3.93. The average Bonchev–Trinajstić information content (AvgIpc) is 2.82. The van der Waals surface area contributed by atoms with Crippen LogP contribution in [0.15, 0.2) is 18.2 Å². The molecule has 1 aromatic carbocycles. The van der Waals surface area contributed by atoms with Crippen LogP contribution in [0.2, 0.25) is 5.02 Å². The summed E-state index contributed by atoms with van der Waals surface area (Å²) in [6, 6.07) is 5.66. The molecule has 1 fully saturated rings. The van der Waals surface area contributed by atoms with Crippen LogP contribution in [-0.4, -0.2) is 18.0 Å². The first kappa shape index (κ1) is 13.4. The van der Waals surface area contributed by atoms with Gasteiger partial charge in [0.25, 0.3) is 0 Å². The molecule has 3 nitrogen and oxygen atoms in total. The normalized spacial score (nSPS) is 23.1. The third-order valence-corrected chi connectivity index (χ3v) is 3.97. The zero-order valence-electron chi connectivity index (χ0n) is 10.8. The van der Waals surface area contributed by atoms with Gasteiger partial charge in [0.15, 0.2) is 0 Å². The Morgan fingerprint density at radius 2 is 2.33 bits per heavy atom. The van der Waals surface area contributed by atoms with E-state index in [0.29, 0.717) is 10.7 Å². The Morgan fingerprint density at radius 3 is 2.89 bits per heavy atom. The number of benzene rings is 1. The van der Waals surface area contributed by atoms with E-state index in [-0.39, 0.29) is 5.91 Å². The molecule has 2 rings (SSSR count). The van der Waals surface area contributed by atoms with Crippen molar-refractivity contribution in [2.45, 2.75) is 38.6 Å². The maximum atomic E-state index is 12.4. The van der Waals surface area contributed by atoms with E-state index < -0.39 is 5.54 Å². The molecule has 0 saturated carbocycles. The maximum absolute atomic E-state index is 12.4. The van der Waals surface area contributed by atoms with E-state index in [1.807, 2.05) is 32.0 Å². The summed E-state index contributed by atoms with van der Waals surface area (Å²) >= 11 is 6.13. The number of rotatable bonds is 3. The number of carbonyl (C=O) groups is 1. The Labute approximate surface area is 113 Å². The Hall–Kier alpha value is -1.06. The fourth-order valence-corrected chi connectivity index (χ4v) is 2.71. The molecule has 1 aliphatic rings. The molecule has 1 heterocycles. The minimum atomic E-state index is -0.422. The van der Waals surface area contributed by atoms with E-state index in [1.54, 1.807) is 0 Å². The van der Waals surface area contributed by atoms with Gasteiger partial charge < -0.3 is 10.6 Å². The Bertz CT molecular complexity index is 453. The number of amides is 1. The zero-order chi connectivity index (χ0) is 13.2. The van der Waals surface area contributed by atoms with Crippen LogP contribution < -0.4 is 10.6 Å². The number of anilines is 1. The van der Waals surface area contributed by atoms with E-state index in [9.17, 15) is 4.79 Å². The van der Waals surface area contributed by atoms with E-state index >= 15 is 0 Å². The SMILES string of the molecule is CCC1(C(=O)Nc2ccc(C)cc2Cl)CCCN1. The molecule has 18 heavy (non-hydrogen) atoms. The van der Waals surface area contributed by atoms with Gasteiger partial charge in [-0.1, -0.05) is 24.6 Å². The van der Waals surface area contributed by atoms with Gasteiger partial charge in [0.05, 0.1) is 16.2 Å². The van der Waals surface area contributed by atoms with E-state index in [1.165, 1.54) is 0 Å². The molecule has 1 atom stereocenters. The van der Waals surface area contributed by atoms with Crippen LogP contribution in [0.25, 0.3) is 0 Å². The average molecular weight is 267 g/mol. The first-order chi connectivity index (χ1) is 8.57. The standard InChI is InChI=1S/C14H19ClN2O/c1-3-14(7-4-8-16-14)13(18)17-12-6-5-10(2)9-11(12)15/h5-6,9,16H,3-4,7-8H2,1-2H3,(H,17,18). The molecule has 0 aliphatic carbocycles. The van der Waals surface area contributed by atoms with Crippen LogP contribution >= 0.6 is 11.6 Å². The largest absolute Gasteiger partial charge is 0.323 e. The lowest BCUT2D eigenvalue weighted by Gasteiger charge is -2.26. The molecule has 1 saturated heterocycles. The first-order valence-corrected chi connectivity index (χ1v) is 6.78. The molecule has 4 heteroatoms. The van der Waals surface area contributed by atoms with Gasteiger partial charge >= 0.3 is 0 Å².